The first-order valence-corrected chi connectivity index (χ1v) is 11.7. The minimum atomic E-state index is -0.284. The van der Waals surface area contributed by atoms with Crippen molar-refractivity contribution in [3.8, 4) is 11.5 Å². The summed E-state index contributed by atoms with van der Waals surface area (Å²) in [5, 5.41) is 3.04. The molecule has 0 spiro atoms. The minimum Gasteiger partial charge on any atom is -0.493 e. The van der Waals surface area contributed by atoms with Gasteiger partial charge in [0.2, 0.25) is 0 Å². The van der Waals surface area contributed by atoms with Crippen LogP contribution in [-0.2, 0) is 13.0 Å². The lowest BCUT2D eigenvalue weighted by Gasteiger charge is -2.17. The van der Waals surface area contributed by atoms with Crippen molar-refractivity contribution in [2.24, 2.45) is 0 Å². The maximum atomic E-state index is 12.7. The van der Waals surface area contributed by atoms with Gasteiger partial charge in [-0.3, -0.25) is 9.78 Å². The number of allylic oxidation sites excluding steroid dienone is 1. The van der Waals surface area contributed by atoms with Gasteiger partial charge in [0, 0.05) is 18.9 Å². The van der Waals surface area contributed by atoms with Gasteiger partial charge >= 0.3 is 0 Å². The lowest BCUT2D eigenvalue weighted by molar-refractivity contribution is 0.0937. The average molecular weight is 471 g/mol. The number of pyridine rings is 1. The molecule has 1 N–H and O–H groups in total. The van der Waals surface area contributed by atoms with Crippen molar-refractivity contribution in [2.45, 2.75) is 32.4 Å². The zero-order valence-corrected chi connectivity index (χ0v) is 20.1. The highest BCUT2D eigenvalue weighted by molar-refractivity contribution is 5.94. The fraction of sp³-hybridized carbons (Fsp3) is 0.250. The number of nitrogens with one attached hydrogen (secondary N) is 1. The van der Waals surface area contributed by atoms with Crippen molar-refractivity contribution in [2.75, 3.05) is 13.7 Å². The van der Waals surface area contributed by atoms with Crippen LogP contribution < -0.4 is 14.8 Å². The van der Waals surface area contributed by atoms with Crippen LogP contribution in [0.25, 0.3) is 11.0 Å². The number of benzene rings is 2. The Kier molecular flexibility index (Phi) is 7.77. The van der Waals surface area contributed by atoms with E-state index in [1.165, 1.54) is 0 Å². The maximum Gasteiger partial charge on any atom is 0.253 e. The summed E-state index contributed by atoms with van der Waals surface area (Å²) >= 11 is 0. The summed E-state index contributed by atoms with van der Waals surface area (Å²) < 4.78 is 13.7. The van der Waals surface area contributed by atoms with E-state index in [0.29, 0.717) is 30.2 Å². The molecule has 35 heavy (non-hydrogen) atoms. The number of aryl methyl sites for hydroxylation is 1. The predicted octanol–water partition coefficient (Wildman–Crippen LogP) is 5.13. The van der Waals surface area contributed by atoms with E-state index >= 15 is 0 Å². The van der Waals surface area contributed by atoms with Crippen LogP contribution in [0.1, 0.15) is 41.1 Å². The van der Waals surface area contributed by atoms with E-state index in [4.69, 9.17) is 14.5 Å². The number of carbonyl (C=O) groups is 1. The van der Waals surface area contributed by atoms with Gasteiger partial charge in [-0.05, 0) is 61.7 Å². The molecular formula is C28H30N4O3. The number of hydrogen-bond donors (Lipinski definition) is 1. The van der Waals surface area contributed by atoms with E-state index in [2.05, 4.69) is 21.4 Å². The molecule has 2 aromatic carbocycles. The van der Waals surface area contributed by atoms with Crippen LogP contribution >= 0.6 is 0 Å². The summed E-state index contributed by atoms with van der Waals surface area (Å²) in [5.74, 6) is 2.05. The molecule has 1 atom stereocenters. The summed E-state index contributed by atoms with van der Waals surface area (Å²) in [4.78, 5) is 21.5. The zero-order valence-electron chi connectivity index (χ0n) is 20.1. The summed E-state index contributed by atoms with van der Waals surface area (Å²) in [6.07, 6.45) is 6.60. The van der Waals surface area contributed by atoms with Crippen LogP contribution in [0.5, 0.6) is 11.5 Å². The average Bonchev–Trinajstić information content (AvgIpc) is 3.26. The second kappa shape index (κ2) is 11.3. The molecule has 0 fully saturated rings. The molecule has 0 bridgehead atoms. The van der Waals surface area contributed by atoms with Gasteiger partial charge in [0.15, 0.2) is 11.5 Å². The fourth-order valence-corrected chi connectivity index (χ4v) is 4.03. The van der Waals surface area contributed by atoms with Crippen LogP contribution in [-0.4, -0.2) is 34.2 Å². The van der Waals surface area contributed by atoms with Gasteiger partial charge in [-0.2, -0.15) is 0 Å². The zero-order chi connectivity index (χ0) is 24.6. The van der Waals surface area contributed by atoms with Gasteiger partial charge in [0.25, 0.3) is 5.91 Å². The fourth-order valence-electron chi connectivity index (χ4n) is 4.03. The molecule has 0 aliphatic rings. The second-order valence-electron chi connectivity index (χ2n) is 8.23. The molecule has 0 aliphatic heterocycles. The maximum absolute atomic E-state index is 12.7. The summed E-state index contributed by atoms with van der Waals surface area (Å²) in [6, 6.07) is 17.1. The SMILES string of the molecule is C=CCc1ccc(OCCCn2c(C(C)NC(=O)c3cccnc3)nc3ccccc32)c(OC)c1. The number of para-hydroxylation sites is 2. The Hall–Kier alpha value is -4.13. The predicted molar refractivity (Wildman–Crippen MR) is 137 cm³/mol. The smallest absolute Gasteiger partial charge is 0.253 e. The molecule has 0 saturated heterocycles. The van der Waals surface area contributed by atoms with Gasteiger partial charge in [0.1, 0.15) is 5.82 Å². The molecule has 4 aromatic rings. The highest BCUT2D eigenvalue weighted by atomic mass is 16.5. The van der Waals surface area contributed by atoms with E-state index in [1.54, 1.807) is 31.6 Å². The number of fused-ring (bicyclic) bond motifs is 1. The molecule has 7 nitrogen and oxygen atoms in total. The third-order valence-corrected chi connectivity index (χ3v) is 5.73. The van der Waals surface area contributed by atoms with Crippen molar-refractivity contribution in [3.63, 3.8) is 0 Å². The molecule has 0 aliphatic carbocycles. The van der Waals surface area contributed by atoms with Crippen LogP contribution in [0.2, 0.25) is 0 Å². The normalized spacial score (nSPS) is 11.7. The Bertz CT molecular complexity index is 1300. The number of imidazole rings is 1. The number of ether oxygens (including phenoxy) is 2. The van der Waals surface area contributed by atoms with E-state index < -0.39 is 0 Å². The summed E-state index contributed by atoms with van der Waals surface area (Å²) in [7, 11) is 1.64. The van der Waals surface area contributed by atoms with Crippen LogP contribution in [0.3, 0.4) is 0 Å². The van der Waals surface area contributed by atoms with Crippen molar-refractivity contribution < 1.29 is 14.3 Å². The first-order chi connectivity index (χ1) is 17.1. The van der Waals surface area contributed by atoms with Gasteiger partial charge in [-0.15, -0.1) is 6.58 Å². The number of carbonyl (C=O) groups excluding carboxylic acids is 1. The quantitative estimate of drug-likeness (QED) is 0.243. The van der Waals surface area contributed by atoms with Crippen LogP contribution in [0, 0.1) is 0 Å². The number of nitrogens with zero attached hydrogens (tertiary/aromatic N) is 3. The Morgan fingerprint density at radius 2 is 2.03 bits per heavy atom. The van der Waals surface area contributed by atoms with Crippen molar-refractivity contribution in [1.82, 2.24) is 19.9 Å². The van der Waals surface area contributed by atoms with Gasteiger partial charge < -0.3 is 19.4 Å². The third kappa shape index (κ3) is 5.69. The molecule has 2 heterocycles. The monoisotopic (exact) mass is 470 g/mol. The largest absolute Gasteiger partial charge is 0.493 e. The van der Waals surface area contributed by atoms with Gasteiger partial charge in [-0.1, -0.05) is 24.3 Å². The first kappa shape index (κ1) is 24.0. The molecule has 4 rings (SSSR count). The second-order valence-corrected chi connectivity index (χ2v) is 8.23. The third-order valence-electron chi connectivity index (χ3n) is 5.73. The minimum absolute atomic E-state index is 0.181. The molecule has 0 saturated carbocycles. The number of rotatable bonds is 11. The van der Waals surface area contributed by atoms with E-state index in [0.717, 1.165) is 35.3 Å². The molecule has 0 radical (unpaired) electrons. The Labute approximate surface area is 205 Å². The lowest BCUT2D eigenvalue weighted by atomic mass is 10.1. The molecule has 1 unspecified atom stereocenters. The standard InChI is InChI=1S/C28H30N4O3/c1-4-9-21-13-14-25(26(18-21)34-3)35-17-8-16-32-24-12-6-5-11-23(24)31-27(32)20(2)30-28(33)22-10-7-15-29-19-22/h4-7,10-15,18-20H,1,8-9,16-17H2,2-3H3,(H,30,33). The van der Waals surface area contributed by atoms with Crippen molar-refractivity contribution in [1.29, 1.82) is 0 Å². The number of aromatic nitrogens is 3. The summed E-state index contributed by atoms with van der Waals surface area (Å²) in [6.45, 7) is 6.94. The Balaban J connectivity index is 1.46. The first-order valence-electron chi connectivity index (χ1n) is 11.7. The molecular weight excluding hydrogens is 440 g/mol. The summed E-state index contributed by atoms with van der Waals surface area (Å²) in [5.41, 5.74) is 3.56. The highest BCUT2D eigenvalue weighted by Gasteiger charge is 2.19. The van der Waals surface area contributed by atoms with E-state index in [1.807, 2.05) is 55.5 Å². The van der Waals surface area contributed by atoms with Gasteiger partial charge in [0.05, 0.1) is 36.4 Å². The number of amides is 1. The number of methoxy groups -OCH3 is 1. The Morgan fingerprint density at radius 3 is 2.80 bits per heavy atom. The van der Waals surface area contributed by atoms with E-state index in [-0.39, 0.29) is 11.9 Å². The highest BCUT2D eigenvalue weighted by Crippen LogP contribution is 2.29. The van der Waals surface area contributed by atoms with E-state index in [9.17, 15) is 4.79 Å². The lowest BCUT2D eigenvalue weighted by Crippen LogP contribution is -2.29. The topological polar surface area (TPSA) is 78.3 Å². The van der Waals surface area contributed by atoms with Crippen molar-refractivity contribution >= 4 is 16.9 Å². The number of hydrogen-bond acceptors (Lipinski definition) is 5. The molecule has 1 amide bonds. The molecule has 7 heteroatoms. The Morgan fingerprint density at radius 1 is 1.17 bits per heavy atom. The van der Waals surface area contributed by atoms with Crippen LogP contribution in [0.15, 0.2) is 79.6 Å². The van der Waals surface area contributed by atoms with Crippen LogP contribution in [0.4, 0.5) is 0 Å². The molecule has 180 valence electrons. The van der Waals surface area contributed by atoms with Crippen molar-refractivity contribution in [3.05, 3.63) is 96.6 Å². The molecule has 2 aromatic heterocycles. The van der Waals surface area contributed by atoms with Gasteiger partial charge in [-0.25, -0.2) is 4.98 Å².